The zero-order valence-corrected chi connectivity index (χ0v) is 16.6. The molecule has 1 fully saturated rings. The van der Waals surface area contributed by atoms with Crippen molar-refractivity contribution in [3.05, 3.63) is 78.8 Å². The number of hydrogen-bond acceptors (Lipinski definition) is 4. The van der Waals surface area contributed by atoms with Gasteiger partial charge in [0.25, 0.3) is 5.91 Å². The predicted molar refractivity (Wildman–Crippen MR) is 118 cm³/mol. The molecule has 4 aromatic rings. The molecule has 0 saturated heterocycles. The number of nitrogens with one attached hydrogen (secondary N) is 3. The van der Waals surface area contributed by atoms with Crippen LogP contribution in [0, 0.1) is 0 Å². The number of carbonyl (C=O) groups is 2. The average Bonchev–Trinajstić information content (AvgIpc) is 3.49. The van der Waals surface area contributed by atoms with E-state index in [1.165, 1.54) is 0 Å². The van der Waals surface area contributed by atoms with E-state index in [9.17, 15) is 9.59 Å². The maximum absolute atomic E-state index is 12.5. The molecule has 1 aliphatic rings. The lowest BCUT2D eigenvalue weighted by Crippen LogP contribution is -2.30. The number of pyridine rings is 1. The van der Waals surface area contributed by atoms with E-state index in [4.69, 9.17) is 0 Å². The summed E-state index contributed by atoms with van der Waals surface area (Å²) in [6.45, 7) is 0. The minimum atomic E-state index is -0.253. The van der Waals surface area contributed by atoms with Crippen molar-refractivity contribution >= 4 is 34.3 Å². The van der Waals surface area contributed by atoms with Gasteiger partial charge < -0.3 is 16.0 Å². The van der Waals surface area contributed by atoms with Crippen LogP contribution in [0.3, 0.4) is 0 Å². The monoisotopic (exact) mass is 412 g/mol. The van der Waals surface area contributed by atoms with Crippen molar-refractivity contribution in [2.45, 2.75) is 18.9 Å². The third-order valence-electron chi connectivity index (χ3n) is 5.02. The first-order chi connectivity index (χ1) is 15.2. The second kappa shape index (κ2) is 7.91. The van der Waals surface area contributed by atoms with E-state index < -0.39 is 0 Å². The van der Waals surface area contributed by atoms with E-state index in [-0.39, 0.29) is 18.0 Å². The molecule has 1 saturated carbocycles. The fourth-order valence-corrected chi connectivity index (χ4v) is 3.23. The summed E-state index contributed by atoms with van der Waals surface area (Å²) in [6, 6.07) is 18.3. The quantitative estimate of drug-likeness (QED) is 0.462. The molecule has 0 atom stereocenters. The minimum absolute atomic E-state index is 0.225. The highest BCUT2D eigenvalue weighted by Crippen LogP contribution is 2.20. The van der Waals surface area contributed by atoms with Crippen molar-refractivity contribution in [3.8, 4) is 5.82 Å². The van der Waals surface area contributed by atoms with Crippen molar-refractivity contribution in [2.24, 2.45) is 0 Å². The molecule has 0 spiro atoms. The van der Waals surface area contributed by atoms with Gasteiger partial charge in [0, 0.05) is 17.3 Å². The molecule has 31 heavy (non-hydrogen) atoms. The van der Waals surface area contributed by atoms with Gasteiger partial charge in [-0.05, 0) is 61.4 Å². The van der Waals surface area contributed by atoms with E-state index in [0.717, 1.165) is 23.9 Å². The Morgan fingerprint density at radius 2 is 1.65 bits per heavy atom. The van der Waals surface area contributed by atoms with Crippen LogP contribution in [-0.4, -0.2) is 32.5 Å². The number of para-hydroxylation sites is 2. The van der Waals surface area contributed by atoms with E-state index in [1.807, 2.05) is 34.9 Å². The van der Waals surface area contributed by atoms with Gasteiger partial charge in [0.2, 0.25) is 0 Å². The molecular formula is C23H20N6O2. The Bertz CT molecular complexity index is 1240. The minimum Gasteiger partial charge on any atom is -0.335 e. The third-order valence-corrected chi connectivity index (χ3v) is 5.02. The Morgan fingerprint density at radius 3 is 2.39 bits per heavy atom. The van der Waals surface area contributed by atoms with Crippen LogP contribution in [0.1, 0.15) is 23.2 Å². The number of hydrogen-bond donors (Lipinski definition) is 3. The van der Waals surface area contributed by atoms with E-state index >= 15 is 0 Å². The fourth-order valence-electron chi connectivity index (χ4n) is 3.23. The van der Waals surface area contributed by atoms with Gasteiger partial charge in [-0.3, -0.25) is 9.36 Å². The van der Waals surface area contributed by atoms with Gasteiger partial charge in [-0.25, -0.2) is 14.8 Å². The Hall–Kier alpha value is -4.20. The number of fused-ring (bicyclic) bond motifs is 1. The number of aromatic nitrogens is 3. The largest absolute Gasteiger partial charge is 0.335 e. The predicted octanol–water partition coefficient (Wildman–Crippen LogP) is 3.96. The maximum Gasteiger partial charge on any atom is 0.319 e. The number of benzene rings is 2. The molecule has 8 nitrogen and oxygen atoms in total. The van der Waals surface area contributed by atoms with Crippen molar-refractivity contribution in [3.63, 3.8) is 0 Å². The van der Waals surface area contributed by atoms with Crippen LogP contribution in [-0.2, 0) is 0 Å². The van der Waals surface area contributed by atoms with Crippen LogP contribution < -0.4 is 16.0 Å². The topological polar surface area (TPSA) is 101 Å². The van der Waals surface area contributed by atoms with Crippen LogP contribution in [0.4, 0.5) is 16.2 Å². The molecule has 3 N–H and O–H groups in total. The molecule has 2 aromatic carbocycles. The lowest BCUT2D eigenvalue weighted by atomic mass is 10.2. The first-order valence-corrected chi connectivity index (χ1v) is 10.0. The maximum atomic E-state index is 12.5. The Balaban J connectivity index is 1.23. The lowest BCUT2D eigenvalue weighted by Gasteiger charge is -2.09. The molecule has 0 radical (unpaired) electrons. The van der Waals surface area contributed by atoms with E-state index in [0.29, 0.717) is 22.8 Å². The van der Waals surface area contributed by atoms with Gasteiger partial charge >= 0.3 is 6.03 Å². The number of amides is 3. The molecule has 3 amide bonds. The first-order valence-electron chi connectivity index (χ1n) is 10.0. The number of urea groups is 1. The molecule has 5 rings (SSSR count). The highest BCUT2D eigenvalue weighted by Gasteiger charge is 2.23. The molecule has 8 heteroatoms. The molecule has 154 valence electrons. The van der Waals surface area contributed by atoms with E-state index in [1.54, 1.807) is 42.9 Å². The van der Waals surface area contributed by atoms with Crippen LogP contribution in [0.15, 0.2) is 73.2 Å². The molecule has 1 aliphatic carbocycles. The molecule has 2 aromatic heterocycles. The van der Waals surface area contributed by atoms with Gasteiger partial charge in [-0.1, -0.05) is 12.1 Å². The lowest BCUT2D eigenvalue weighted by molar-refractivity contribution is 0.102. The number of carbonyl (C=O) groups excluding carboxylic acids is 2. The van der Waals surface area contributed by atoms with Crippen LogP contribution in [0.2, 0.25) is 0 Å². The number of nitrogens with zero attached hydrogens (tertiary/aromatic N) is 3. The summed E-state index contributed by atoms with van der Waals surface area (Å²) in [5, 5.41) is 8.45. The molecule has 0 bridgehead atoms. The first kappa shape index (κ1) is 18.8. The van der Waals surface area contributed by atoms with Crippen LogP contribution in [0.5, 0.6) is 0 Å². The summed E-state index contributed by atoms with van der Waals surface area (Å²) in [4.78, 5) is 33.1. The SMILES string of the molecule is O=C(Nc1ccc(C(=O)Nc2ccc(-n3cnc4ccccc43)nc2)cc1)NC1CC1. The summed E-state index contributed by atoms with van der Waals surface area (Å²) >= 11 is 0. The Morgan fingerprint density at radius 1 is 0.871 bits per heavy atom. The zero-order chi connectivity index (χ0) is 21.2. The third kappa shape index (κ3) is 4.23. The number of rotatable bonds is 5. The van der Waals surface area contributed by atoms with Crippen LogP contribution in [0.25, 0.3) is 16.9 Å². The smallest absolute Gasteiger partial charge is 0.319 e. The van der Waals surface area contributed by atoms with E-state index in [2.05, 4.69) is 25.9 Å². The second-order valence-electron chi connectivity index (χ2n) is 7.41. The van der Waals surface area contributed by atoms with Gasteiger partial charge in [-0.2, -0.15) is 0 Å². The fraction of sp³-hybridized carbons (Fsp3) is 0.130. The standard InChI is InChI=1S/C23H20N6O2/c30-22(15-5-7-16(8-6-15)27-23(31)28-17-9-10-17)26-18-11-12-21(24-13-18)29-14-25-19-3-1-2-4-20(19)29/h1-8,11-14,17H,9-10H2,(H,26,30)(H2,27,28,31). The van der Waals surface area contributed by atoms with Gasteiger partial charge in [0.1, 0.15) is 12.1 Å². The van der Waals surface area contributed by atoms with Gasteiger partial charge in [0.05, 0.1) is 22.9 Å². The van der Waals surface area contributed by atoms with Gasteiger partial charge in [-0.15, -0.1) is 0 Å². The van der Waals surface area contributed by atoms with Gasteiger partial charge in [0.15, 0.2) is 0 Å². The number of anilines is 2. The highest BCUT2D eigenvalue weighted by molar-refractivity contribution is 6.04. The molecule has 2 heterocycles. The summed E-state index contributed by atoms with van der Waals surface area (Å²) in [5.74, 6) is 0.461. The van der Waals surface area contributed by atoms with Crippen molar-refractivity contribution in [1.82, 2.24) is 19.9 Å². The Labute approximate surface area is 178 Å². The second-order valence-corrected chi connectivity index (χ2v) is 7.41. The summed E-state index contributed by atoms with van der Waals surface area (Å²) in [6.07, 6.45) is 5.40. The summed E-state index contributed by atoms with van der Waals surface area (Å²) in [5.41, 5.74) is 3.56. The average molecular weight is 412 g/mol. The van der Waals surface area contributed by atoms with Crippen molar-refractivity contribution in [2.75, 3.05) is 10.6 Å². The van der Waals surface area contributed by atoms with Crippen molar-refractivity contribution in [1.29, 1.82) is 0 Å². The molecular weight excluding hydrogens is 392 g/mol. The van der Waals surface area contributed by atoms with Crippen LogP contribution >= 0.6 is 0 Å². The normalized spacial score (nSPS) is 13.0. The zero-order valence-electron chi connectivity index (χ0n) is 16.6. The Kier molecular flexibility index (Phi) is 4.80. The molecule has 0 aliphatic heterocycles. The van der Waals surface area contributed by atoms with Crippen molar-refractivity contribution < 1.29 is 9.59 Å². The summed E-state index contributed by atoms with van der Waals surface area (Å²) < 4.78 is 1.89. The number of imidazole rings is 1. The summed E-state index contributed by atoms with van der Waals surface area (Å²) in [7, 11) is 0. The highest BCUT2D eigenvalue weighted by atomic mass is 16.2. The molecule has 0 unspecified atom stereocenters.